The van der Waals surface area contributed by atoms with Crippen LogP contribution in [0.1, 0.15) is 5.56 Å². The van der Waals surface area contributed by atoms with Crippen molar-refractivity contribution in [2.24, 2.45) is 5.73 Å². The average molecular weight is 235 g/mol. The fourth-order valence-electron chi connectivity index (χ4n) is 1.21. The van der Waals surface area contributed by atoms with Gasteiger partial charge in [-0.1, -0.05) is 0 Å². The summed E-state index contributed by atoms with van der Waals surface area (Å²) in [6.45, 7) is 0.0809. The normalized spacial score (nSPS) is 11.4. The van der Waals surface area contributed by atoms with Crippen molar-refractivity contribution in [2.45, 2.75) is 6.04 Å². The van der Waals surface area contributed by atoms with Gasteiger partial charge in [0.25, 0.3) is 0 Å². The van der Waals surface area contributed by atoms with E-state index in [9.17, 15) is 4.79 Å². The van der Waals surface area contributed by atoms with E-state index in [-0.39, 0.29) is 6.54 Å². The van der Waals surface area contributed by atoms with Gasteiger partial charge in [0.1, 0.15) is 11.8 Å². The van der Waals surface area contributed by atoms with Crippen LogP contribution < -0.4 is 15.8 Å². The smallest absolute Gasteiger partial charge is 0.322 e. The van der Waals surface area contributed by atoms with Crippen LogP contribution in [0.25, 0.3) is 0 Å². The monoisotopic (exact) mass is 235 g/mol. The Morgan fingerprint density at radius 1 is 1.71 bits per heavy atom. The lowest BCUT2D eigenvalue weighted by Gasteiger charge is -2.13. The van der Waals surface area contributed by atoms with E-state index >= 15 is 0 Å². The Morgan fingerprint density at radius 2 is 2.41 bits per heavy atom. The number of aliphatic carboxylic acids is 1. The van der Waals surface area contributed by atoms with Crippen LogP contribution >= 0.6 is 0 Å². The lowest BCUT2D eigenvalue weighted by Crippen LogP contribution is -2.36. The van der Waals surface area contributed by atoms with Gasteiger partial charge in [-0.2, -0.15) is 5.26 Å². The van der Waals surface area contributed by atoms with Gasteiger partial charge in [0.05, 0.1) is 24.4 Å². The predicted molar refractivity (Wildman–Crippen MR) is 61.8 cm³/mol. The summed E-state index contributed by atoms with van der Waals surface area (Å²) in [6.07, 6.45) is 0. The summed E-state index contributed by atoms with van der Waals surface area (Å²) in [5.41, 5.74) is 6.42. The number of carboxylic acids is 1. The molecule has 17 heavy (non-hydrogen) atoms. The molecule has 0 aliphatic carbocycles. The lowest BCUT2D eigenvalue weighted by atomic mass is 10.2. The largest absolute Gasteiger partial charge is 0.495 e. The molecule has 0 aliphatic heterocycles. The number of hydrogen-bond donors (Lipinski definition) is 3. The molecule has 1 aromatic rings. The fraction of sp³-hybridized carbons (Fsp3) is 0.273. The Kier molecular flexibility index (Phi) is 4.31. The third-order valence-corrected chi connectivity index (χ3v) is 2.16. The number of nitrogens with zero attached hydrogens (tertiary/aromatic N) is 1. The van der Waals surface area contributed by atoms with Gasteiger partial charge in [0, 0.05) is 12.6 Å². The Balaban J connectivity index is 2.78. The van der Waals surface area contributed by atoms with E-state index in [1.165, 1.54) is 7.11 Å². The van der Waals surface area contributed by atoms with Gasteiger partial charge in [0.15, 0.2) is 0 Å². The first kappa shape index (κ1) is 12.8. The first-order valence-electron chi connectivity index (χ1n) is 4.89. The lowest BCUT2D eigenvalue weighted by molar-refractivity contribution is -0.138. The van der Waals surface area contributed by atoms with Gasteiger partial charge in [-0.3, -0.25) is 4.79 Å². The van der Waals surface area contributed by atoms with E-state index in [2.05, 4.69) is 5.32 Å². The summed E-state index contributed by atoms with van der Waals surface area (Å²) in [5, 5.41) is 20.2. The predicted octanol–water partition coefficient (Wildman–Crippen LogP) is 0.391. The molecule has 0 fully saturated rings. The summed E-state index contributed by atoms with van der Waals surface area (Å²) in [5.74, 6) is -0.605. The number of methoxy groups -OCH3 is 1. The van der Waals surface area contributed by atoms with Crippen LogP contribution in [0, 0.1) is 11.3 Å². The van der Waals surface area contributed by atoms with Gasteiger partial charge in [-0.25, -0.2) is 0 Å². The van der Waals surface area contributed by atoms with E-state index in [1.54, 1.807) is 18.2 Å². The molecule has 0 amide bonds. The van der Waals surface area contributed by atoms with Crippen molar-refractivity contribution in [3.8, 4) is 11.8 Å². The van der Waals surface area contributed by atoms with Crippen molar-refractivity contribution in [2.75, 3.05) is 19.0 Å². The van der Waals surface area contributed by atoms with Crippen molar-refractivity contribution in [1.29, 1.82) is 5.26 Å². The molecule has 0 aromatic heterocycles. The number of anilines is 1. The van der Waals surface area contributed by atoms with Crippen LogP contribution in [0.3, 0.4) is 0 Å². The quantitative estimate of drug-likeness (QED) is 0.681. The second-order valence-electron chi connectivity index (χ2n) is 3.35. The van der Waals surface area contributed by atoms with Crippen LogP contribution in [-0.4, -0.2) is 30.8 Å². The summed E-state index contributed by atoms with van der Waals surface area (Å²) >= 11 is 0. The highest BCUT2D eigenvalue weighted by molar-refractivity contribution is 5.74. The molecule has 6 heteroatoms. The average Bonchev–Trinajstić information content (AvgIpc) is 2.35. The van der Waals surface area contributed by atoms with Gasteiger partial charge < -0.3 is 20.9 Å². The van der Waals surface area contributed by atoms with Gasteiger partial charge in [-0.15, -0.1) is 0 Å². The maximum atomic E-state index is 10.5. The number of nitriles is 1. The Labute approximate surface area is 98.6 Å². The topological polar surface area (TPSA) is 108 Å². The van der Waals surface area contributed by atoms with Crippen molar-refractivity contribution >= 4 is 11.7 Å². The van der Waals surface area contributed by atoms with E-state index in [1.807, 2.05) is 6.07 Å². The second-order valence-corrected chi connectivity index (χ2v) is 3.35. The highest BCUT2D eigenvalue weighted by Gasteiger charge is 2.12. The molecular weight excluding hydrogens is 222 g/mol. The minimum atomic E-state index is -1.08. The van der Waals surface area contributed by atoms with Gasteiger partial charge in [0.2, 0.25) is 0 Å². The molecule has 0 spiro atoms. The van der Waals surface area contributed by atoms with E-state index in [4.69, 9.17) is 20.8 Å². The zero-order valence-corrected chi connectivity index (χ0v) is 9.30. The molecule has 1 rings (SSSR count). The minimum Gasteiger partial charge on any atom is -0.495 e. The van der Waals surface area contributed by atoms with Crippen molar-refractivity contribution < 1.29 is 14.6 Å². The van der Waals surface area contributed by atoms with Crippen molar-refractivity contribution in [1.82, 2.24) is 0 Å². The minimum absolute atomic E-state index is 0.0809. The van der Waals surface area contributed by atoms with Crippen LogP contribution in [0.5, 0.6) is 5.75 Å². The molecule has 0 heterocycles. The molecule has 4 N–H and O–H groups in total. The number of carbonyl (C=O) groups is 1. The third-order valence-electron chi connectivity index (χ3n) is 2.16. The highest BCUT2D eigenvalue weighted by atomic mass is 16.5. The first-order valence-corrected chi connectivity index (χ1v) is 4.89. The molecule has 0 bridgehead atoms. The van der Waals surface area contributed by atoms with Gasteiger partial charge in [-0.05, 0) is 12.1 Å². The summed E-state index contributed by atoms with van der Waals surface area (Å²) < 4.78 is 5.08. The zero-order chi connectivity index (χ0) is 12.8. The summed E-state index contributed by atoms with van der Waals surface area (Å²) in [7, 11) is 1.47. The standard InChI is InChI=1S/C11H13N3O3/c1-17-10-4-7(5-12)2-3-9(10)14-6-8(13)11(15)16/h2-4,8,14H,6,13H2,1H3,(H,15,16). The molecule has 0 saturated carbocycles. The van der Waals surface area contributed by atoms with Crippen molar-refractivity contribution in [3.63, 3.8) is 0 Å². The molecule has 1 aromatic carbocycles. The number of hydrogen-bond acceptors (Lipinski definition) is 5. The maximum Gasteiger partial charge on any atom is 0.322 e. The Hall–Kier alpha value is -2.26. The highest BCUT2D eigenvalue weighted by Crippen LogP contribution is 2.25. The molecule has 1 unspecified atom stereocenters. The third kappa shape index (κ3) is 3.36. The number of nitrogens with two attached hydrogens (primary N) is 1. The Morgan fingerprint density at radius 3 is 2.94 bits per heavy atom. The van der Waals surface area contributed by atoms with E-state index < -0.39 is 12.0 Å². The molecule has 90 valence electrons. The van der Waals surface area contributed by atoms with Crippen LogP contribution in [-0.2, 0) is 4.79 Å². The first-order chi connectivity index (χ1) is 8.08. The van der Waals surface area contributed by atoms with Crippen LogP contribution in [0.2, 0.25) is 0 Å². The molecular formula is C11H13N3O3. The maximum absolute atomic E-state index is 10.5. The Bertz CT molecular complexity index is 454. The molecule has 0 aliphatic rings. The van der Waals surface area contributed by atoms with Crippen LogP contribution in [0.15, 0.2) is 18.2 Å². The fourth-order valence-corrected chi connectivity index (χ4v) is 1.21. The second kappa shape index (κ2) is 5.72. The number of carboxylic acid groups (broad SMARTS) is 1. The zero-order valence-electron chi connectivity index (χ0n) is 9.30. The van der Waals surface area contributed by atoms with E-state index in [0.29, 0.717) is 17.0 Å². The van der Waals surface area contributed by atoms with Crippen LogP contribution in [0.4, 0.5) is 5.69 Å². The summed E-state index contributed by atoms with van der Waals surface area (Å²) in [6, 6.07) is 5.81. The molecule has 0 saturated heterocycles. The van der Waals surface area contributed by atoms with E-state index in [0.717, 1.165) is 0 Å². The number of nitrogens with one attached hydrogen (secondary N) is 1. The van der Waals surface area contributed by atoms with Gasteiger partial charge >= 0.3 is 5.97 Å². The molecule has 1 atom stereocenters. The van der Waals surface area contributed by atoms with Crippen molar-refractivity contribution in [3.05, 3.63) is 23.8 Å². The summed E-state index contributed by atoms with van der Waals surface area (Å²) in [4.78, 5) is 10.5. The molecule has 0 radical (unpaired) electrons. The number of rotatable bonds is 5. The number of benzene rings is 1. The molecule has 6 nitrogen and oxygen atoms in total. The SMILES string of the molecule is COc1cc(C#N)ccc1NCC(N)C(=O)O. The number of ether oxygens (including phenoxy) is 1.